The summed E-state index contributed by atoms with van der Waals surface area (Å²) in [7, 11) is -1.90. The molecule has 1 atom stereocenters. The zero-order chi connectivity index (χ0) is 16.4. The summed E-state index contributed by atoms with van der Waals surface area (Å²) in [5.41, 5.74) is 1.06. The van der Waals surface area contributed by atoms with Crippen LogP contribution in [0.25, 0.3) is 0 Å². The van der Waals surface area contributed by atoms with Crippen LogP contribution in [0, 0.1) is 11.6 Å². The van der Waals surface area contributed by atoms with Crippen LogP contribution in [0.3, 0.4) is 0 Å². The lowest BCUT2D eigenvalue weighted by molar-refractivity contribution is 0.623. The second-order valence-electron chi connectivity index (χ2n) is 4.83. The largest absolute Gasteiger partial charge is 0.250 e. The Bertz CT molecular complexity index is 773. The molecule has 0 saturated heterocycles. The van der Waals surface area contributed by atoms with E-state index in [1.165, 1.54) is 59.9 Å². The molecule has 2 aromatic carbocycles. The van der Waals surface area contributed by atoms with Crippen LogP contribution in [0.1, 0.15) is 16.1 Å². The minimum atomic E-state index is -1.90. The third kappa shape index (κ3) is 2.71. The van der Waals surface area contributed by atoms with Gasteiger partial charge in [0.15, 0.2) is 4.75 Å². The molecule has 1 heterocycles. The van der Waals surface area contributed by atoms with Gasteiger partial charge in [-0.15, -0.1) is 11.3 Å². The Kier molecular flexibility index (Phi) is 4.34. The van der Waals surface area contributed by atoms with E-state index in [4.69, 9.17) is 5.14 Å². The molecule has 1 aromatic heterocycles. The molecule has 118 valence electrons. The van der Waals surface area contributed by atoms with E-state index < -0.39 is 27.4 Å². The molecule has 3 aromatic rings. The van der Waals surface area contributed by atoms with Gasteiger partial charge in [0.2, 0.25) is 0 Å². The first kappa shape index (κ1) is 15.9. The monoisotopic (exact) mass is 350 g/mol. The van der Waals surface area contributed by atoms with E-state index in [1.807, 2.05) is 0 Å². The van der Waals surface area contributed by atoms with Gasteiger partial charge in [0.25, 0.3) is 0 Å². The fourth-order valence-electron chi connectivity index (χ4n) is 2.50. The molecule has 0 amide bonds. The van der Waals surface area contributed by atoms with Gasteiger partial charge in [-0.2, -0.15) is 0 Å². The van der Waals surface area contributed by atoms with E-state index in [0.29, 0.717) is 16.1 Å². The molecule has 3 nitrogen and oxygen atoms in total. The van der Waals surface area contributed by atoms with E-state index in [-0.39, 0.29) is 0 Å². The van der Waals surface area contributed by atoms with Crippen LogP contribution in [-0.2, 0) is 15.7 Å². The van der Waals surface area contributed by atoms with Crippen LogP contribution in [0.2, 0.25) is 0 Å². The molecular formula is C16H12F2N2OS2. The van der Waals surface area contributed by atoms with Crippen LogP contribution < -0.4 is 5.14 Å². The summed E-state index contributed by atoms with van der Waals surface area (Å²) in [5.74, 6) is -0.826. The summed E-state index contributed by atoms with van der Waals surface area (Å²) >= 11 is 1.28. The van der Waals surface area contributed by atoms with Crippen LogP contribution in [-0.4, -0.2) is 9.19 Å². The number of thiazole rings is 1. The van der Waals surface area contributed by atoms with Crippen molar-refractivity contribution in [2.75, 3.05) is 0 Å². The summed E-state index contributed by atoms with van der Waals surface area (Å²) in [4.78, 5) is 4.27. The number of halogens is 2. The molecular weight excluding hydrogens is 338 g/mol. The van der Waals surface area contributed by atoms with Crippen LogP contribution in [0.15, 0.2) is 60.1 Å². The molecule has 7 heteroatoms. The lowest BCUT2D eigenvalue weighted by Gasteiger charge is -2.30. The van der Waals surface area contributed by atoms with E-state index in [0.717, 1.165) is 0 Å². The normalized spacial score (nSPS) is 13.0. The molecule has 0 aliphatic rings. The number of nitrogens with two attached hydrogens (primary N) is 1. The highest BCUT2D eigenvalue weighted by molar-refractivity contribution is 7.84. The first-order chi connectivity index (χ1) is 11.0. The number of aromatic nitrogens is 1. The van der Waals surface area contributed by atoms with Crippen molar-refractivity contribution in [3.63, 3.8) is 0 Å². The maximum Gasteiger partial charge on any atom is 0.161 e. The Morgan fingerprint density at radius 2 is 1.43 bits per heavy atom. The molecule has 0 aliphatic heterocycles. The van der Waals surface area contributed by atoms with Gasteiger partial charge in [-0.05, 0) is 35.4 Å². The summed E-state index contributed by atoms with van der Waals surface area (Å²) < 4.78 is 37.9. The van der Waals surface area contributed by atoms with Crippen molar-refractivity contribution in [3.05, 3.63) is 87.9 Å². The highest BCUT2D eigenvalue weighted by Gasteiger charge is 2.44. The van der Waals surface area contributed by atoms with E-state index in [2.05, 4.69) is 4.98 Å². The highest BCUT2D eigenvalue weighted by atomic mass is 32.2. The Hall–Kier alpha value is -1.96. The smallest absolute Gasteiger partial charge is 0.161 e. The number of benzene rings is 2. The molecule has 0 fully saturated rings. The standard InChI is InChI=1S/C16H12F2N2OS2/c17-13-5-1-11(2-6-13)16(23(19)21,15-20-9-10-22-15)12-3-7-14(18)8-4-12/h1-10H,19H2. The average Bonchev–Trinajstić information content (AvgIpc) is 3.06. The van der Waals surface area contributed by atoms with Gasteiger partial charge < -0.3 is 0 Å². The lowest BCUT2D eigenvalue weighted by Crippen LogP contribution is -2.38. The maximum absolute atomic E-state index is 13.3. The number of rotatable bonds is 4. The fraction of sp³-hybridized carbons (Fsp3) is 0.0625. The molecule has 1 unspecified atom stereocenters. The fourth-order valence-corrected chi connectivity index (χ4v) is 4.62. The SMILES string of the molecule is NS(=O)C(c1ccc(F)cc1)(c1ccc(F)cc1)c1nccs1. The number of hydrogen-bond acceptors (Lipinski definition) is 3. The van der Waals surface area contributed by atoms with Crippen molar-refractivity contribution in [2.24, 2.45) is 5.14 Å². The highest BCUT2D eigenvalue weighted by Crippen LogP contribution is 2.42. The van der Waals surface area contributed by atoms with Crippen molar-refractivity contribution in [1.29, 1.82) is 0 Å². The third-order valence-corrected chi connectivity index (χ3v) is 5.83. The molecule has 0 saturated carbocycles. The molecule has 0 bridgehead atoms. The van der Waals surface area contributed by atoms with Crippen LogP contribution >= 0.6 is 11.3 Å². The van der Waals surface area contributed by atoms with Crippen molar-refractivity contribution in [2.45, 2.75) is 4.75 Å². The van der Waals surface area contributed by atoms with Crippen molar-refractivity contribution in [3.8, 4) is 0 Å². The Balaban J connectivity index is 2.33. The molecule has 23 heavy (non-hydrogen) atoms. The summed E-state index contributed by atoms with van der Waals surface area (Å²) in [6.45, 7) is 0. The molecule has 0 radical (unpaired) electrons. The Labute approximate surface area is 138 Å². The molecule has 2 N–H and O–H groups in total. The zero-order valence-corrected chi connectivity index (χ0v) is 13.4. The van der Waals surface area contributed by atoms with Gasteiger partial charge in [0, 0.05) is 11.6 Å². The van der Waals surface area contributed by atoms with Crippen molar-refractivity contribution < 1.29 is 13.0 Å². The average molecular weight is 350 g/mol. The lowest BCUT2D eigenvalue weighted by atomic mass is 9.90. The Morgan fingerprint density at radius 1 is 0.957 bits per heavy atom. The molecule has 0 spiro atoms. The van der Waals surface area contributed by atoms with E-state index >= 15 is 0 Å². The summed E-state index contributed by atoms with van der Waals surface area (Å²) in [6.07, 6.45) is 1.58. The predicted molar refractivity (Wildman–Crippen MR) is 87.1 cm³/mol. The topological polar surface area (TPSA) is 56.0 Å². The number of nitrogens with zero attached hydrogens (tertiary/aromatic N) is 1. The first-order valence-corrected chi connectivity index (χ1v) is 8.72. The van der Waals surface area contributed by atoms with Crippen molar-refractivity contribution >= 4 is 22.3 Å². The van der Waals surface area contributed by atoms with Crippen LogP contribution in [0.4, 0.5) is 8.78 Å². The summed E-state index contributed by atoms with van der Waals surface area (Å²) in [5, 5.41) is 8.09. The van der Waals surface area contributed by atoms with Gasteiger partial charge in [-0.3, -0.25) is 5.14 Å². The quantitative estimate of drug-likeness (QED) is 0.785. The van der Waals surface area contributed by atoms with Crippen LogP contribution in [0.5, 0.6) is 0 Å². The van der Waals surface area contributed by atoms with Gasteiger partial charge in [0.05, 0.1) is 0 Å². The van der Waals surface area contributed by atoms with E-state index in [9.17, 15) is 13.0 Å². The van der Waals surface area contributed by atoms with E-state index in [1.54, 1.807) is 11.6 Å². The second-order valence-corrected chi connectivity index (χ2v) is 6.93. The van der Waals surface area contributed by atoms with Gasteiger partial charge in [-0.25, -0.2) is 18.0 Å². The van der Waals surface area contributed by atoms with Gasteiger partial charge >= 0.3 is 0 Å². The van der Waals surface area contributed by atoms with Crippen molar-refractivity contribution in [1.82, 2.24) is 4.98 Å². The third-order valence-electron chi connectivity index (χ3n) is 3.54. The predicted octanol–water partition coefficient (Wildman–Crippen LogP) is 3.34. The van der Waals surface area contributed by atoms with Gasteiger partial charge in [-0.1, -0.05) is 24.3 Å². The number of hydrogen-bond donors (Lipinski definition) is 1. The second kappa shape index (κ2) is 6.27. The minimum absolute atomic E-state index is 0.413. The summed E-state index contributed by atoms with van der Waals surface area (Å²) in [6, 6.07) is 11.2. The minimum Gasteiger partial charge on any atom is -0.250 e. The zero-order valence-electron chi connectivity index (χ0n) is 11.8. The Morgan fingerprint density at radius 3 is 1.78 bits per heavy atom. The maximum atomic E-state index is 13.3. The molecule has 0 aliphatic carbocycles. The van der Waals surface area contributed by atoms with Gasteiger partial charge in [0.1, 0.15) is 27.6 Å². The first-order valence-electron chi connectivity index (χ1n) is 6.63. The molecule has 3 rings (SSSR count).